The summed E-state index contributed by atoms with van der Waals surface area (Å²) in [5, 5.41) is 3.55. The fourth-order valence-electron chi connectivity index (χ4n) is 2.13. The minimum Gasteiger partial charge on any atom is -0.313 e. The third-order valence-electron chi connectivity index (χ3n) is 3.03. The van der Waals surface area contributed by atoms with Crippen LogP contribution in [0.1, 0.15) is 31.2 Å². The highest BCUT2D eigenvalue weighted by Crippen LogP contribution is 2.24. The summed E-state index contributed by atoms with van der Waals surface area (Å²) in [6.07, 6.45) is 2.66. The second kappa shape index (κ2) is 3.93. The van der Waals surface area contributed by atoms with Gasteiger partial charge in [-0.3, -0.25) is 0 Å². The first-order valence-electron chi connectivity index (χ1n) is 5.16. The zero-order valence-corrected chi connectivity index (χ0v) is 8.16. The van der Waals surface area contributed by atoms with Gasteiger partial charge in [0.15, 0.2) is 0 Å². The molecule has 1 fully saturated rings. The Balaban J connectivity index is 2.08. The van der Waals surface area contributed by atoms with Gasteiger partial charge in [0.1, 0.15) is 0 Å². The Morgan fingerprint density at radius 1 is 1.31 bits per heavy atom. The molecule has 1 nitrogen and oxygen atoms in total. The maximum absolute atomic E-state index is 3.55. The highest BCUT2D eigenvalue weighted by molar-refractivity contribution is 5.20. The smallest absolute Gasteiger partial charge is 0.0134 e. The van der Waals surface area contributed by atoms with Crippen molar-refractivity contribution in [3.63, 3.8) is 0 Å². The van der Waals surface area contributed by atoms with E-state index in [1.165, 1.54) is 24.9 Å². The molecule has 1 aliphatic rings. The summed E-state index contributed by atoms with van der Waals surface area (Å²) in [4.78, 5) is 0. The summed E-state index contributed by atoms with van der Waals surface area (Å²) >= 11 is 0. The van der Waals surface area contributed by atoms with Crippen LogP contribution in [0.4, 0.5) is 0 Å². The number of rotatable bonds is 2. The lowest BCUT2D eigenvalue weighted by Gasteiger charge is -2.19. The lowest BCUT2D eigenvalue weighted by molar-refractivity contribution is 0.517. The molecule has 1 N–H and O–H groups in total. The average Bonchev–Trinajstić information content (AvgIpc) is 2.71. The van der Waals surface area contributed by atoms with Crippen LogP contribution in [0.15, 0.2) is 30.3 Å². The Morgan fingerprint density at radius 2 is 2.08 bits per heavy atom. The van der Waals surface area contributed by atoms with Crippen LogP contribution in [0.3, 0.4) is 0 Å². The second-order valence-electron chi connectivity index (χ2n) is 3.90. The van der Waals surface area contributed by atoms with Gasteiger partial charge in [-0.05, 0) is 30.9 Å². The number of benzene rings is 1. The van der Waals surface area contributed by atoms with Gasteiger partial charge in [0.25, 0.3) is 0 Å². The van der Waals surface area contributed by atoms with E-state index in [9.17, 15) is 0 Å². The van der Waals surface area contributed by atoms with Crippen LogP contribution < -0.4 is 5.32 Å². The fraction of sp³-hybridized carbons (Fsp3) is 0.500. The highest BCUT2D eigenvalue weighted by Gasteiger charge is 2.21. The molecule has 2 atom stereocenters. The molecule has 0 amide bonds. The largest absolute Gasteiger partial charge is 0.313 e. The Labute approximate surface area is 80.2 Å². The summed E-state index contributed by atoms with van der Waals surface area (Å²) < 4.78 is 0. The lowest BCUT2D eigenvalue weighted by Crippen LogP contribution is -2.27. The third kappa shape index (κ3) is 1.92. The van der Waals surface area contributed by atoms with Gasteiger partial charge in [-0.25, -0.2) is 0 Å². The van der Waals surface area contributed by atoms with E-state index in [4.69, 9.17) is 0 Å². The third-order valence-corrected chi connectivity index (χ3v) is 3.03. The first-order valence-corrected chi connectivity index (χ1v) is 5.16. The molecular formula is C12H17N. The normalized spacial score (nSPS) is 24.5. The molecule has 1 saturated heterocycles. The minimum absolute atomic E-state index is 0.656. The molecule has 1 aromatic rings. The molecule has 0 aliphatic carbocycles. The monoisotopic (exact) mass is 175 g/mol. The highest BCUT2D eigenvalue weighted by atomic mass is 14.9. The predicted molar refractivity (Wildman–Crippen MR) is 55.9 cm³/mol. The van der Waals surface area contributed by atoms with Gasteiger partial charge in [0, 0.05) is 6.04 Å². The lowest BCUT2D eigenvalue weighted by atomic mass is 9.92. The van der Waals surface area contributed by atoms with Crippen molar-refractivity contribution < 1.29 is 0 Å². The van der Waals surface area contributed by atoms with E-state index in [1.807, 2.05) is 0 Å². The Morgan fingerprint density at radius 3 is 2.69 bits per heavy atom. The van der Waals surface area contributed by atoms with Gasteiger partial charge in [-0.15, -0.1) is 0 Å². The van der Waals surface area contributed by atoms with E-state index in [1.54, 1.807) is 0 Å². The van der Waals surface area contributed by atoms with Crippen molar-refractivity contribution >= 4 is 0 Å². The number of hydrogen-bond acceptors (Lipinski definition) is 1. The maximum Gasteiger partial charge on any atom is 0.0134 e. The quantitative estimate of drug-likeness (QED) is 0.728. The fourth-order valence-corrected chi connectivity index (χ4v) is 2.13. The Bertz CT molecular complexity index is 249. The minimum atomic E-state index is 0.656. The van der Waals surface area contributed by atoms with Gasteiger partial charge in [-0.2, -0.15) is 0 Å². The van der Waals surface area contributed by atoms with Gasteiger partial charge in [-0.1, -0.05) is 37.3 Å². The maximum atomic E-state index is 3.55. The van der Waals surface area contributed by atoms with Crippen LogP contribution in [-0.2, 0) is 0 Å². The molecule has 13 heavy (non-hydrogen) atoms. The van der Waals surface area contributed by atoms with Crippen molar-refractivity contribution in [2.45, 2.75) is 31.7 Å². The van der Waals surface area contributed by atoms with Crippen molar-refractivity contribution in [2.75, 3.05) is 6.54 Å². The molecule has 2 rings (SSSR count). The first kappa shape index (κ1) is 8.76. The second-order valence-corrected chi connectivity index (χ2v) is 3.90. The zero-order chi connectivity index (χ0) is 9.10. The van der Waals surface area contributed by atoms with Gasteiger partial charge < -0.3 is 5.32 Å². The molecule has 1 aliphatic heterocycles. The van der Waals surface area contributed by atoms with Crippen LogP contribution in [0.25, 0.3) is 0 Å². The number of hydrogen-bond donors (Lipinski definition) is 1. The Kier molecular flexibility index (Phi) is 2.65. The molecule has 0 aromatic heterocycles. The summed E-state index contributed by atoms with van der Waals surface area (Å²) in [7, 11) is 0. The van der Waals surface area contributed by atoms with Crippen LogP contribution in [0, 0.1) is 0 Å². The molecule has 1 heterocycles. The summed E-state index contributed by atoms with van der Waals surface area (Å²) in [6.45, 7) is 3.51. The van der Waals surface area contributed by atoms with Crippen LogP contribution >= 0.6 is 0 Å². The van der Waals surface area contributed by atoms with Crippen LogP contribution in [0.2, 0.25) is 0 Å². The van der Waals surface area contributed by atoms with Crippen molar-refractivity contribution in [1.29, 1.82) is 0 Å². The van der Waals surface area contributed by atoms with E-state index in [-0.39, 0.29) is 0 Å². The summed E-state index contributed by atoms with van der Waals surface area (Å²) in [6, 6.07) is 11.5. The van der Waals surface area contributed by atoms with Crippen LogP contribution in [0.5, 0.6) is 0 Å². The standard InChI is InChI=1S/C12H17N/c1-10(12-8-5-9-13-12)11-6-3-2-4-7-11/h2-4,6-7,10,12-13H,5,8-9H2,1H3/t10-,12-/m0/s1. The van der Waals surface area contributed by atoms with E-state index in [0.717, 1.165) is 0 Å². The molecule has 1 aromatic carbocycles. The molecule has 0 unspecified atom stereocenters. The van der Waals surface area contributed by atoms with Gasteiger partial charge in [0.2, 0.25) is 0 Å². The van der Waals surface area contributed by atoms with Crippen molar-refractivity contribution in [2.24, 2.45) is 0 Å². The van der Waals surface area contributed by atoms with Crippen molar-refractivity contribution in [1.82, 2.24) is 5.32 Å². The van der Waals surface area contributed by atoms with Gasteiger partial charge in [0.05, 0.1) is 0 Å². The SMILES string of the molecule is C[C@@H](c1ccccc1)[C@@H]1CCCN1. The van der Waals surface area contributed by atoms with Crippen molar-refractivity contribution in [3.05, 3.63) is 35.9 Å². The van der Waals surface area contributed by atoms with E-state index in [0.29, 0.717) is 12.0 Å². The summed E-state index contributed by atoms with van der Waals surface area (Å²) in [5.41, 5.74) is 1.46. The van der Waals surface area contributed by atoms with Crippen molar-refractivity contribution in [3.8, 4) is 0 Å². The molecule has 0 saturated carbocycles. The topological polar surface area (TPSA) is 12.0 Å². The molecule has 0 spiro atoms. The van der Waals surface area contributed by atoms with E-state index < -0.39 is 0 Å². The average molecular weight is 175 g/mol. The molecule has 1 heteroatoms. The van der Waals surface area contributed by atoms with Gasteiger partial charge >= 0.3 is 0 Å². The molecule has 70 valence electrons. The Hall–Kier alpha value is -0.820. The van der Waals surface area contributed by atoms with E-state index >= 15 is 0 Å². The molecular weight excluding hydrogens is 158 g/mol. The van der Waals surface area contributed by atoms with E-state index in [2.05, 4.69) is 42.6 Å². The zero-order valence-electron chi connectivity index (χ0n) is 8.16. The van der Waals surface area contributed by atoms with Crippen LogP contribution in [-0.4, -0.2) is 12.6 Å². The number of nitrogens with one attached hydrogen (secondary N) is 1. The predicted octanol–water partition coefficient (Wildman–Crippen LogP) is 2.54. The first-order chi connectivity index (χ1) is 6.38. The molecule has 0 radical (unpaired) electrons. The molecule has 0 bridgehead atoms. The summed E-state index contributed by atoms with van der Waals surface area (Å²) in [5.74, 6) is 0.656.